The number of amides is 2. The lowest BCUT2D eigenvalue weighted by molar-refractivity contribution is -0.124. The third kappa shape index (κ3) is 2.91. The Balaban J connectivity index is 1.49. The molecule has 160 valence electrons. The number of hydrogen-bond donors (Lipinski definition) is 1. The first kappa shape index (κ1) is 19.7. The van der Waals surface area contributed by atoms with E-state index in [-0.39, 0.29) is 24.4 Å². The van der Waals surface area contributed by atoms with Crippen molar-refractivity contribution in [2.75, 3.05) is 31.1 Å². The second kappa shape index (κ2) is 7.19. The Bertz CT molecular complexity index is 1040. The van der Waals surface area contributed by atoms with Gasteiger partial charge in [0.2, 0.25) is 5.91 Å². The monoisotopic (exact) mass is 480 g/mol. The highest BCUT2D eigenvalue weighted by Gasteiger charge is 2.52. The number of aromatic nitrogens is 2. The lowest BCUT2D eigenvalue weighted by Crippen LogP contribution is -2.38. The largest absolute Gasteiger partial charge is 0.465 e. The van der Waals surface area contributed by atoms with E-state index in [4.69, 9.17) is 4.74 Å². The molecule has 3 saturated heterocycles. The molecule has 2 aromatic rings. The van der Waals surface area contributed by atoms with Crippen molar-refractivity contribution in [3.8, 4) is 0 Å². The smallest absolute Gasteiger partial charge is 0.407 e. The zero-order chi connectivity index (χ0) is 21.0. The van der Waals surface area contributed by atoms with Crippen molar-refractivity contribution in [1.29, 1.82) is 0 Å². The Morgan fingerprint density at radius 3 is 2.80 bits per heavy atom. The van der Waals surface area contributed by atoms with E-state index in [1.165, 1.54) is 9.80 Å². The molecule has 0 aliphatic carbocycles. The van der Waals surface area contributed by atoms with Gasteiger partial charge in [-0.1, -0.05) is 0 Å². The number of hydrogen-bond acceptors (Lipinski definition) is 4. The van der Waals surface area contributed by atoms with E-state index >= 15 is 4.39 Å². The van der Waals surface area contributed by atoms with Crippen LogP contribution in [0.5, 0.6) is 0 Å². The van der Waals surface area contributed by atoms with Crippen molar-refractivity contribution in [3.63, 3.8) is 0 Å². The maximum atomic E-state index is 15.6. The predicted molar refractivity (Wildman–Crippen MR) is 110 cm³/mol. The molecular weight excluding hydrogens is 459 g/mol. The summed E-state index contributed by atoms with van der Waals surface area (Å²) in [6.07, 6.45) is 2.60. The van der Waals surface area contributed by atoms with Gasteiger partial charge in [0, 0.05) is 26.2 Å². The number of benzene rings is 1. The molecule has 2 amide bonds. The van der Waals surface area contributed by atoms with E-state index in [0.717, 1.165) is 19.3 Å². The average Bonchev–Trinajstić information content (AvgIpc) is 3.41. The maximum Gasteiger partial charge on any atom is 0.407 e. The maximum absolute atomic E-state index is 15.6. The fourth-order valence-corrected chi connectivity index (χ4v) is 5.50. The van der Waals surface area contributed by atoms with Gasteiger partial charge in [-0.2, -0.15) is 5.10 Å². The number of nitrogens with zero attached hydrogens (tertiary/aromatic N) is 4. The first-order valence-corrected chi connectivity index (χ1v) is 11.0. The van der Waals surface area contributed by atoms with Crippen molar-refractivity contribution in [2.45, 2.75) is 38.3 Å². The highest BCUT2D eigenvalue weighted by molar-refractivity contribution is 9.10. The van der Waals surface area contributed by atoms with Crippen LogP contribution in [0.3, 0.4) is 0 Å². The summed E-state index contributed by atoms with van der Waals surface area (Å²) < 4.78 is 23.5. The van der Waals surface area contributed by atoms with E-state index in [1.807, 2.05) is 0 Å². The van der Waals surface area contributed by atoms with Crippen LogP contribution in [0.4, 0.5) is 14.9 Å². The van der Waals surface area contributed by atoms with Gasteiger partial charge in [0.05, 0.1) is 22.0 Å². The van der Waals surface area contributed by atoms with Crippen LogP contribution in [0, 0.1) is 11.2 Å². The summed E-state index contributed by atoms with van der Waals surface area (Å²) in [6.45, 7) is 1.52. The Labute approximate surface area is 180 Å². The quantitative estimate of drug-likeness (QED) is 0.706. The van der Waals surface area contributed by atoms with Crippen molar-refractivity contribution in [3.05, 3.63) is 22.6 Å². The molecule has 5 rings (SSSR count). The van der Waals surface area contributed by atoms with Crippen LogP contribution in [0.15, 0.2) is 16.7 Å². The number of anilines is 1. The number of carbonyl (C=O) groups is 2. The summed E-state index contributed by atoms with van der Waals surface area (Å²) in [7, 11) is 0. The zero-order valence-corrected chi connectivity index (χ0v) is 17.9. The molecule has 10 heteroatoms. The van der Waals surface area contributed by atoms with Gasteiger partial charge in [0.15, 0.2) is 12.0 Å². The van der Waals surface area contributed by atoms with Crippen LogP contribution in [0.2, 0.25) is 0 Å². The molecule has 30 heavy (non-hydrogen) atoms. The average molecular weight is 481 g/mol. The molecule has 3 aliphatic heterocycles. The number of carboxylic acid groups (broad SMARTS) is 1. The number of ether oxygens (including phenoxy) is 1. The first-order chi connectivity index (χ1) is 14.4. The predicted octanol–water partition coefficient (Wildman–Crippen LogP) is 3.74. The van der Waals surface area contributed by atoms with Crippen molar-refractivity contribution in [2.24, 2.45) is 5.41 Å². The molecule has 3 fully saturated rings. The summed E-state index contributed by atoms with van der Waals surface area (Å²) in [6, 6.07) is 3.39. The van der Waals surface area contributed by atoms with E-state index in [9.17, 15) is 14.7 Å². The summed E-state index contributed by atoms with van der Waals surface area (Å²) in [5, 5.41) is 14.0. The first-order valence-electron chi connectivity index (χ1n) is 10.2. The summed E-state index contributed by atoms with van der Waals surface area (Å²) >= 11 is 3.37. The number of carbonyl (C=O) groups excluding carboxylic acids is 1. The molecule has 0 bridgehead atoms. The Morgan fingerprint density at radius 1 is 1.30 bits per heavy atom. The van der Waals surface area contributed by atoms with Crippen LogP contribution in [0.25, 0.3) is 10.9 Å². The van der Waals surface area contributed by atoms with Crippen LogP contribution >= 0.6 is 15.9 Å². The minimum absolute atomic E-state index is 0.169. The van der Waals surface area contributed by atoms with E-state index in [2.05, 4.69) is 21.0 Å². The second-order valence-corrected chi connectivity index (χ2v) is 9.04. The summed E-state index contributed by atoms with van der Waals surface area (Å²) in [4.78, 5) is 27.2. The van der Waals surface area contributed by atoms with Crippen molar-refractivity contribution >= 4 is 44.5 Å². The van der Waals surface area contributed by atoms with Gasteiger partial charge in [-0.05, 0) is 60.2 Å². The number of halogens is 2. The lowest BCUT2D eigenvalue weighted by atomic mass is 9.85. The van der Waals surface area contributed by atoms with Gasteiger partial charge in [0.1, 0.15) is 4.60 Å². The van der Waals surface area contributed by atoms with Gasteiger partial charge < -0.3 is 19.6 Å². The van der Waals surface area contributed by atoms with Gasteiger partial charge in [-0.3, -0.25) is 4.79 Å². The van der Waals surface area contributed by atoms with E-state index < -0.39 is 17.3 Å². The Hall–Kier alpha value is -2.20. The van der Waals surface area contributed by atoms with Crippen LogP contribution in [0.1, 0.15) is 38.3 Å². The highest BCUT2D eigenvalue weighted by Crippen LogP contribution is 2.44. The fourth-order valence-electron chi connectivity index (χ4n) is 4.95. The Morgan fingerprint density at radius 2 is 2.10 bits per heavy atom. The molecular formula is C20H22BrFN4O4. The van der Waals surface area contributed by atoms with Crippen molar-refractivity contribution in [1.82, 2.24) is 14.7 Å². The molecule has 8 nitrogen and oxygen atoms in total. The molecule has 2 unspecified atom stereocenters. The van der Waals surface area contributed by atoms with Crippen LogP contribution < -0.4 is 4.90 Å². The molecule has 1 spiro atoms. The van der Waals surface area contributed by atoms with E-state index in [0.29, 0.717) is 48.0 Å². The SMILES string of the molecule is O=C(O)N1CCC2(CCN(c3ccc4c(c(Br)nn4C4CCCCO4)c3F)C2=O)C1. The fraction of sp³-hybridized carbons (Fsp3) is 0.550. The van der Waals surface area contributed by atoms with E-state index in [1.54, 1.807) is 16.8 Å². The standard InChI is InChI=1S/C20H22BrFN4O4/c21-17-15-12(26(23-17)14-3-1-2-10-30-14)4-5-13(16(15)22)25-9-7-20(18(25)27)6-8-24(11-20)19(28)29/h4-5,14H,1-3,6-11H2,(H,28,29). The highest BCUT2D eigenvalue weighted by atomic mass is 79.9. The van der Waals surface area contributed by atoms with Gasteiger partial charge in [-0.25, -0.2) is 13.9 Å². The minimum Gasteiger partial charge on any atom is -0.465 e. The van der Waals surface area contributed by atoms with Crippen LogP contribution in [-0.4, -0.2) is 58.0 Å². The molecule has 1 N–H and O–H groups in total. The van der Waals surface area contributed by atoms with Crippen LogP contribution in [-0.2, 0) is 9.53 Å². The molecule has 0 radical (unpaired) electrons. The lowest BCUT2D eigenvalue weighted by Gasteiger charge is -2.24. The minimum atomic E-state index is -1.02. The number of rotatable bonds is 2. The molecule has 0 saturated carbocycles. The number of fused-ring (bicyclic) bond motifs is 1. The normalized spacial score (nSPS) is 27.0. The third-order valence-corrected chi connectivity index (χ3v) is 7.16. The topological polar surface area (TPSA) is 87.9 Å². The Kier molecular flexibility index (Phi) is 4.73. The molecule has 2 atom stereocenters. The van der Waals surface area contributed by atoms with Gasteiger partial charge in [0.25, 0.3) is 0 Å². The molecule has 3 aliphatic rings. The third-order valence-electron chi connectivity index (χ3n) is 6.60. The van der Waals surface area contributed by atoms with Gasteiger partial charge in [-0.15, -0.1) is 0 Å². The number of likely N-dealkylation sites (tertiary alicyclic amines) is 1. The molecule has 4 heterocycles. The van der Waals surface area contributed by atoms with Crippen molar-refractivity contribution < 1.29 is 23.8 Å². The molecule has 1 aromatic carbocycles. The summed E-state index contributed by atoms with van der Waals surface area (Å²) in [5.74, 6) is -0.705. The zero-order valence-electron chi connectivity index (χ0n) is 16.3. The molecule has 1 aromatic heterocycles. The summed E-state index contributed by atoms with van der Waals surface area (Å²) in [5.41, 5.74) is 0.0780. The van der Waals surface area contributed by atoms with Gasteiger partial charge >= 0.3 is 6.09 Å². The second-order valence-electron chi connectivity index (χ2n) is 8.29.